The number of hydrogen-bond donors (Lipinski definition) is 2. The maximum absolute atomic E-state index is 12.3. The Bertz CT molecular complexity index is 861. The molecule has 5 nitrogen and oxygen atoms in total. The van der Waals surface area contributed by atoms with Crippen LogP contribution in [-0.2, 0) is 6.42 Å². The van der Waals surface area contributed by atoms with Gasteiger partial charge in [-0.15, -0.1) is 0 Å². The van der Waals surface area contributed by atoms with E-state index < -0.39 is 0 Å². The van der Waals surface area contributed by atoms with E-state index in [1.807, 2.05) is 48.5 Å². The highest BCUT2D eigenvalue weighted by Crippen LogP contribution is 2.14. The fourth-order valence-corrected chi connectivity index (χ4v) is 3.67. The second-order valence-corrected chi connectivity index (χ2v) is 7.23. The predicted molar refractivity (Wildman–Crippen MR) is 108 cm³/mol. The molecule has 5 heteroatoms. The number of fused-ring (bicyclic) bond motifs is 1. The molecule has 140 valence electrons. The van der Waals surface area contributed by atoms with Gasteiger partial charge in [-0.05, 0) is 55.8 Å². The van der Waals surface area contributed by atoms with Gasteiger partial charge in [-0.3, -0.25) is 4.79 Å². The number of aromatic nitrogens is 2. The van der Waals surface area contributed by atoms with Crippen LogP contribution in [0, 0.1) is 0 Å². The summed E-state index contributed by atoms with van der Waals surface area (Å²) in [4.78, 5) is 22.7. The van der Waals surface area contributed by atoms with Crippen LogP contribution < -0.4 is 5.32 Å². The molecule has 2 heterocycles. The van der Waals surface area contributed by atoms with Crippen LogP contribution in [0.2, 0.25) is 0 Å². The number of imidazole rings is 1. The molecule has 4 rings (SSSR count). The zero-order valence-electron chi connectivity index (χ0n) is 15.6. The van der Waals surface area contributed by atoms with Crippen LogP contribution in [-0.4, -0.2) is 47.0 Å². The first-order chi connectivity index (χ1) is 13.3. The maximum atomic E-state index is 12.3. The van der Waals surface area contributed by atoms with Crippen molar-refractivity contribution >= 4 is 16.9 Å². The lowest BCUT2D eigenvalue weighted by Crippen LogP contribution is -2.37. The minimum Gasteiger partial charge on any atom is -0.351 e. The van der Waals surface area contributed by atoms with Crippen LogP contribution in [0.1, 0.15) is 41.0 Å². The molecular formula is C22H26N4O. The maximum Gasteiger partial charge on any atom is 0.251 e. The van der Waals surface area contributed by atoms with Crippen LogP contribution in [0.15, 0.2) is 48.5 Å². The summed E-state index contributed by atoms with van der Waals surface area (Å²) in [5.74, 6) is 0.942. The fourth-order valence-electron chi connectivity index (χ4n) is 3.67. The zero-order chi connectivity index (χ0) is 18.5. The van der Waals surface area contributed by atoms with Crippen LogP contribution >= 0.6 is 0 Å². The molecule has 2 N–H and O–H groups in total. The zero-order valence-corrected chi connectivity index (χ0v) is 15.6. The lowest BCUT2D eigenvalue weighted by molar-refractivity contribution is 0.0946. The van der Waals surface area contributed by atoms with E-state index >= 15 is 0 Å². The van der Waals surface area contributed by atoms with Gasteiger partial charge in [0.25, 0.3) is 5.91 Å². The van der Waals surface area contributed by atoms with Crippen LogP contribution in [0.25, 0.3) is 11.0 Å². The molecule has 3 aromatic rings. The molecule has 1 saturated heterocycles. The van der Waals surface area contributed by atoms with E-state index in [0.717, 1.165) is 48.5 Å². The Labute approximate surface area is 159 Å². The number of carbonyl (C=O) groups excluding carboxylic acids is 1. The molecule has 1 aliphatic rings. The van der Waals surface area contributed by atoms with E-state index in [-0.39, 0.29) is 5.91 Å². The summed E-state index contributed by atoms with van der Waals surface area (Å²) in [6.07, 6.45) is 4.62. The average Bonchev–Trinajstić information content (AvgIpc) is 3.11. The number of aromatic amines is 1. The Morgan fingerprint density at radius 3 is 2.59 bits per heavy atom. The van der Waals surface area contributed by atoms with Gasteiger partial charge in [-0.2, -0.15) is 0 Å². The Morgan fingerprint density at radius 1 is 1.04 bits per heavy atom. The van der Waals surface area contributed by atoms with E-state index in [1.165, 1.54) is 19.3 Å². The predicted octanol–water partition coefficient (Wildman–Crippen LogP) is 3.37. The van der Waals surface area contributed by atoms with E-state index in [9.17, 15) is 4.79 Å². The quantitative estimate of drug-likeness (QED) is 0.707. The van der Waals surface area contributed by atoms with E-state index in [0.29, 0.717) is 12.1 Å². The van der Waals surface area contributed by atoms with Gasteiger partial charge in [0.1, 0.15) is 5.82 Å². The van der Waals surface area contributed by atoms with Gasteiger partial charge in [0.05, 0.1) is 11.0 Å². The molecule has 0 radical (unpaired) electrons. The third-order valence-corrected chi connectivity index (χ3v) is 5.19. The Balaban J connectivity index is 1.30. The summed E-state index contributed by atoms with van der Waals surface area (Å²) < 4.78 is 0. The molecule has 0 saturated carbocycles. The molecule has 2 aromatic carbocycles. The highest BCUT2D eigenvalue weighted by molar-refractivity contribution is 5.94. The second-order valence-electron chi connectivity index (χ2n) is 7.23. The summed E-state index contributed by atoms with van der Waals surface area (Å²) in [6.45, 7) is 3.97. The van der Waals surface area contributed by atoms with Crippen molar-refractivity contribution in [3.63, 3.8) is 0 Å². The molecule has 0 atom stereocenters. The molecule has 0 bridgehead atoms. The van der Waals surface area contributed by atoms with Gasteiger partial charge in [0.2, 0.25) is 0 Å². The van der Waals surface area contributed by atoms with E-state index in [4.69, 9.17) is 0 Å². The van der Waals surface area contributed by atoms with Crippen molar-refractivity contribution in [2.75, 3.05) is 26.2 Å². The van der Waals surface area contributed by atoms with Crippen LogP contribution in [0.3, 0.4) is 0 Å². The van der Waals surface area contributed by atoms with Gasteiger partial charge in [-0.25, -0.2) is 4.98 Å². The van der Waals surface area contributed by atoms with Crippen LogP contribution in [0.4, 0.5) is 0 Å². The monoisotopic (exact) mass is 362 g/mol. The summed E-state index contributed by atoms with van der Waals surface area (Å²) in [5, 5.41) is 3.03. The third-order valence-electron chi connectivity index (χ3n) is 5.19. The largest absolute Gasteiger partial charge is 0.351 e. The molecular weight excluding hydrogens is 336 g/mol. The Hall–Kier alpha value is -2.66. The molecule has 0 unspecified atom stereocenters. The average molecular weight is 362 g/mol. The van der Waals surface area contributed by atoms with Gasteiger partial charge in [0.15, 0.2) is 0 Å². The number of para-hydroxylation sites is 2. The van der Waals surface area contributed by atoms with Gasteiger partial charge < -0.3 is 15.2 Å². The Morgan fingerprint density at radius 2 is 1.81 bits per heavy atom. The smallest absolute Gasteiger partial charge is 0.251 e. The SMILES string of the molecule is O=C(NCCN1CCCCC1)c1ccc(Cc2nc3ccccc3[nH]2)cc1. The Kier molecular flexibility index (Phi) is 5.49. The topological polar surface area (TPSA) is 61.0 Å². The van der Waals surface area contributed by atoms with Crippen molar-refractivity contribution < 1.29 is 4.79 Å². The standard InChI is InChI=1S/C22H26N4O/c27-22(23-12-15-26-13-4-1-5-14-26)18-10-8-17(9-11-18)16-21-24-19-6-2-3-7-20(19)25-21/h2-3,6-11H,1,4-5,12-16H2,(H,23,27)(H,24,25). The number of piperidine rings is 1. The number of hydrogen-bond acceptors (Lipinski definition) is 3. The van der Waals surface area contributed by atoms with Crippen molar-refractivity contribution in [3.8, 4) is 0 Å². The summed E-state index contributed by atoms with van der Waals surface area (Å²) in [6, 6.07) is 15.8. The molecule has 0 aliphatic carbocycles. The number of benzene rings is 2. The second kappa shape index (κ2) is 8.35. The first-order valence-corrected chi connectivity index (χ1v) is 9.81. The summed E-state index contributed by atoms with van der Waals surface area (Å²) in [7, 11) is 0. The lowest BCUT2D eigenvalue weighted by Gasteiger charge is -2.26. The fraction of sp³-hybridized carbons (Fsp3) is 0.364. The van der Waals surface area contributed by atoms with Crippen molar-refractivity contribution in [2.24, 2.45) is 0 Å². The summed E-state index contributed by atoms with van der Waals surface area (Å²) in [5.41, 5.74) is 3.88. The van der Waals surface area contributed by atoms with Gasteiger partial charge in [-0.1, -0.05) is 30.7 Å². The molecule has 1 aromatic heterocycles. The first kappa shape index (κ1) is 17.7. The lowest BCUT2D eigenvalue weighted by atomic mass is 10.1. The van der Waals surface area contributed by atoms with Crippen molar-refractivity contribution in [1.82, 2.24) is 20.2 Å². The minimum absolute atomic E-state index is 0.00213. The number of H-pyrrole nitrogens is 1. The highest BCUT2D eigenvalue weighted by atomic mass is 16.1. The van der Waals surface area contributed by atoms with E-state index in [2.05, 4.69) is 20.2 Å². The number of carbonyl (C=O) groups is 1. The third kappa shape index (κ3) is 4.55. The van der Waals surface area contributed by atoms with E-state index in [1.54, 1.807) is 0 Å². The molecule has 27 heavy (non-hydrogen) atoms. The highest BCUT2D eigenvalue weighted by Gasteiger charge is 2.11. The molecule has 1 fully saturated rings. The van der Waals surface area contributed by atoms with Crippen molar-refractivity contribution in [3.05, 3.63) is 65.5 Å². The summed E-state index contributed by atoms with van der Waals surface area (Å²) >= 11 is 0. The first-order valence-electron chi connectivity index (χ1n) is 9.81. The normalized spacial score (nSPS) is 15.1. The molecule has 0 spiro atoms. The number of nitrogens with one attached hydrogen (secondary N) is 2. The van der Waals surface area contributed by atoms with Gasteiger partial charge >= 0.3 is 0 Å². The number of amides is 1. The molecule has 1 amide bonds. The van der Waals surface area contributed by atoms with Gasteiger partial charge in [0, 0.05) is 25.1 Å². The minimum atomic E-state index is 0.00213. The molecule has 1 aliphatic heterocycles. The number of rotatable bonds is 6. The van der Waals surface area contributed by atoms with Crippen LogP contribution in [0.5, 0.6) is 0 Å². The van der Waals surface area contributed by atoms with Crippen molar-refractivity contribution in [1.29, 1.82) is 0 Å². The number of nitrogens with zero attached hydrogens (tertiary/aromatic N) is 2. The number of likely N-dealkylation sites (tertiary alicyclic amines) is 1. The van der Waals surface area contributed by atoms with Crippen molar-refractivity contribution in [2.45, 2.75) is 25.7 Å².